The van der Waals surface area contributed by atoms with E-state index in [4.69, 9.17) is 20.3 Å². The van der Waals surface area contributed by atoms with E-state index in [-0.39, 0.29) is 12.5 Å². The standard InChI is InChI=1S/C14H21NO4/c1-4-9-12(18-2)7-5-10(14(9)19-3)11(15)6-8-13(16)17/h5,7,11H,4,6,8,15H2,1-3H3,(H,16,17). The second kappa shape index (κ2) is 6.99. The summed E-state index contributed by atoms with van der Waals surface area (Å²) in [5, 5.41) is 8.71. The third-order valence-electron chi connectivity index (χ3n) is 3.09. The number of hydrogen-bond donors (Lipinski definition) is 2. The number of carboxylic acids is 1. The Bertz CT molecular complexity index is 445. The Morgan fingerprint density at radius 1 is 1.37 bits per heavy atom. The molecule has 1 aromatic carbocycles. The van der Waals surface area contributed by atoms with E-state index >= 15 is 0 Å². The van der Waals surface area contributed by atoms with Gasteiger partial charge in [0, 0.05) is 23.6 Å². The molecule has 1 atom stereocenters. The molecule has 19 heavy (non-hydrogen) atoms. The third-order valence-corrected chi connectivity index (χ3v) is 3.09. The fourth-order valence-corrected chi connectivity index (χ4v) is 2.12. The molecule has 1 rings (SSSR count). The van der Waals surface area contributed by atoms with Crippen molar-refractivity contribution in [3.05, 3.63) is 23.3 Å². The van der Waals surface area contributed by atoms with Gasteiger partial charge in [-0.1, -0.05) is 13.0 Å². The molecule has 0 saturated carbocycles. The van der Waals surface area contributed by atoms with Crippen molar-refractivity contribution in [2.24, 2.45) is 5.73 Å². The van der Waals surface area contributed by atoms with E-state index in [1.165, 1.54) is 0 Å². The Morgan fingerprint density at radius 2 is 2.05 bits per heavy atom. The van der Waals surface area contributed by atoms with E-state index in [0.29, 0.717) is 12.2 Å². The number of carboxylic acid groups (broad SMARTS) is 1. The fraction of sp³-hybridized carbons (Fsp3) is 0.500. The molecule has 1 unspecified atom stereocenters. The van der Waals surface area contributed by atoms with Gasteiger partial charge in [0.05, 0.1) is 14.2 Å². The molecule has 0 aliphatic rings. The van der Waals surface area contributed by atoms with E-state index in [1.807, 2.05) is 19.1 Å². The summed E-state index contributed by atoms with van der Waals surface area (Å²) in [5.41, 5.74) is 7.82. The van der Waals surface area contributed by atoms with Gasteiger partial charge in [-0.05, 0) is 18.9 Å². The van der Waals surface area contributed by atoms with Gasteiger partial charge >= 0.3 is 5.97 Å². The Kier molecular flexibility index (Phi) is 5.63. The fourth-order valence-electron chi connectivity index (χ4n) is 2.12. The molecule has 0 fully saturated rings. The molecular formula is C14H21NO4. The SMILES string of the molecule is CCc1c(OC)ccc(C(N)CCC(=O)O)c1OC. The first-order valence-corrected chi connectivity index (χ1v) is 6.26. The van der Waals surface area contributed by atoms with Gasteiger partial charge in [-0.25, -0.2) is 0 Å². The lowest BCUT2D eigenvalue weighted by Crippen LogP contribution is -2.14. The van der Waals surface area contributed by atoms with Crippen LogP contribution in [0.2, 0.25) is 0 Å². The molecule has 0 aliphatic heterocycles. The van der Waals surface area contributed by atoms with Gasteiger partial charge in [0.2, 0.25) is 0 Å². The smallest absolute Gasteiger partial charge is 0.303 e. The van der Waals surface area contributed by atoms with Crippen molar-refractivity contribution >= 4 is 5.97 Å². The average Bonchev–Trinajstić information content (AvgIpc) is 2.42. The Labute approximate surface area is 113 Å². The normalized spacial score (nSPS) is 12.0. The van der Waals surface area contributed by atoms with Crippen LogP contribution < -0.4 is 15.2 Å². The molecule has 0 aliphatic carbocycles. The van der Waals surface area contributed by atoms with Crippen LogP contribution in [0.3, 0.4) is 0 Å². The van der Waals surface area contributed by atoms with Gasteiger partial charge in [-0.15, -0.1) is 0 Å². The first-order valence-electron chi connectivity index (χ1n) is 6.26. The highest BCUT2D eigenvalue weighted by Gasteiger charge is 2.18. The quantitative estimate of drug-likeness (QED) is 0.791. The molecule has 0 amide bonds. The van der Waals surface area contributed by atoms with E-state index in [9.17, 15) is 4.79 Å². The molecule has 106 valence electrons. The van der Waals surface area contributed by atoms with E-state index in [0.717, 1.165) is 23.3 Å². The predicted molar refractivity (Wildman–Crippen MR) is 72.7 cm³/mol. The summed E-state index contributed by atoms with van der Waals surface area (Å²) in [6, 6.07) is 3.32. The Hall–Kier alpha value is -1.75. The number of hydrogen-bond acceptors (Lipinski definition) is 4. The van der Waals surface area contributed by atoms with E-state index < -0.39 is 5.97 Å². The van der Waals surface area contributed by atoms with Crippen molar-refractivity contribution in [1.82, 2.24) is 0 Å². The van der Waals surface area contributed by atoms with Gasteiger partial charge in [0.1, 0.15) is 11.5 Å². The van der Waals surface area contributed by atoms with Crippen LogP contribution in [0.4, 0.5) is 0 Å². The maximum Gasteiger partial charge on any atom is 0.303 e. The number of benzene rings is 1. The van der Waals surface area contributed by atoms with Crippen LogP contribution in [0.1, 0.15) is 36.9 Å². The van der Waals surface area contributed by atoms with E-state index in [2.05, 4.69) is 0 Å². The minimum atomic E-state index is -0.848. The van der Waals surface area contributed by atoms with Crippen molar-refractivity contribution in [2.75, 3.05) is 14.2 Å². The molecule has 1 aromatic rings. The summed E-state index contributed by atoms with van der Waals surface area (Å²) in [5.74, 6) is 0.604. The van der Waals surface area contributed by atoms with Crippen LogP contribution in [0.25, 0.3) is 0 Å². The molecule has 5 nitrogen and oxygen atoms in total. The highest BCUT2D eigenvalue weighted by Crippen LogP contribution is 2.36. The second-order valence-electron chi connectivity index (χ2n) is 4.26. The van der Waals surface area contributed by atoms with Crippen LogP contribution in [-0.2, 0) is 11.2 Å². The molecule has 3 N–H and O–H groups in total. The van der Waals surface area contributed by atoms with Gasteiger partial charge in [0.15, 0.2) is 0 Å². The highest BCUT2D eigenvalue weighted by atomic mass is 16.5. The zero-order valence-electron chi connectivity index (χ0n) is 11.6. The summed E-state index contributed by atoms with van der Waals surface area (Å²) >= 11 is 0. The zero-order valence-corrected chi connectivity index (χ0v) is 11.6. The molecule has 0 bridgehead atoms. The lowest BCUT2D eigenvalue weighted by Gasteiger charge is -2.19. The van der Waals surface area contributed by atoms with Gasteiger partial charge in [-0.3, -0.25) is 4.79 Å². The van der Waals surface area contributed by atoms with Crippen LogP contribution >= 0.6 is 0 Å². The summed E-state index contributed by atoms with van der Waals surface area (Å²) in [6.45, 7) is 2.01. The average molecular weight is 267 g/mol. The number of ether oxygens (including phenoxy) is 2. The summed E-state index contributed by atoms with van der Waals surface area (Å²) < 4.78 is 10.7. The first kappa shape index (κ1) is 15.3. The number of nitrogens with two attached hydrogens (primary N) is 1. The maximum atomic E-state index is 10.6. The monoisotopic (exact) mass is 267 g/mol. The van der Waals surface area contributed by atoms with E-state index in [1.54, 1.807) is 14.2 Å². The molecule has 5 heteroatoms. The van der Waals surface area contributed by atoms with Crippen molar-refractivity contribution in [3.63, 3.8) is 0 Å². The Morgan fingerprint density at radius 3 is 2.53 bits per heavy atom. The second-order valence-corrected chi connectivity index (χ2v) is 4.26. The number of methoxy groups -OCH3 is 2. The highest BCUT2D eigenvalue weighted by molar-refractivity contribution is 5.66. The summed E-state index contributed by atoms with van der Waals surface area (Å²) in [6.07, 6.45) is 1.17. The topological polar surface area (TPSA) is 81.8 Å². The Balaban J connectivity index is 3.09. The lowest BCUT2D eigenvalue weighted by atomic mass is 9.97. The maximum absolute atomic E-state index is 10.6. The van der Waals surface area contributed by atoms with Crippen molar-refractivity contribution < 1.29 is 19.4 Å². The largest absolute Gasteiger partial charge is 0.496 e. The van der Waals surface area contributed by atoms with Crippen LogP contribution in [0, 0.1) is 0 Å². The van der Waals surface area contributed by atoms with Crippen LogP contribution in [-0.4, -0.2) is 25.3 Å². The summed E-state index contributed by atoms with van der Waals surface area (Å²) in [4.78, 5) is 10.6. The molecule has 0 radical (unpaired) electrons. The van der Waals surface area contributed by atoms with Gasteiger partial charge in [0.25, 0.3) is 0 Å². The third kappa shape index (κ3) is 3.61. The van der Waals surface area contributed by atoms with Crippen LogP contribution in [0.5, 0.6) is 11.5 Å². The van der Waals surface area contributed by atoms with Crippen molar-refractivity contribution in [2.45, 2.75) is 32.2 Å². The first-order chi connectivity index (χ1) is 9.04. The van der Waals surface area contributed by atoms with Crippen molar-refractivity contribution in [3.8, 4) is 11.5 Å². The number of rotatable bonds is 7. The van der Waals surface area contributed by atoms with Crippen LogP contribution in [0.15, 0.2) is 12.1 Å². The zero-order chi connectivity index (χ0) is 14.4. The molecule has 0 spiro atoms. The summed E-state index contributed by atoms with van der Waals surface area (Å²) in [7, 11) is 3.19. The molecule has 0 heterocycles. The predicted octanol–water partition coefficient (Wildman–Crippen LogP) is 2.13. The minimum absolute atomic E-state index is 0.0395. The lowest BCUT2D eigenvalue weighted by molar-refractivity contribution is -0.137. The molecular weight excluding hydrogens is 246 g/mol. The molecule has 0 aromatic heterocycles. The molecule has 0 saturated heterocycles. The number of aliphatic carboxylic acids is 1. The van der Waals surface area contributed by atoms with Gasteiger partial charge in [-0.2, -0.15) is 0 Å². The van der Waals surface area contributed by atoms with Gasteiger partial charge < -0.3 is 20.3 Å². The minimum Gasteiger partial charge on any atom is -0.496 e. The number of carbonyl (C=O) groups is 1. The van der Waals surface area contributed by atoms with Crippen molar-refractivity contribution in [1.29, 1.82) is 0 Å².